The molecular formula is C18H14Cl2N4OS. The van der Waals surface area contributed by atoms with Gasteiger partial charge in [-0.15, -0.1) is 10.2 Å². The fraction of sp³-hybridized carbons (Fsp3) is 0.167. The second kappa shape index (κ2) is 7.31. The Kier molecular flexibility index (Phi) is 4.89. The number of rotatable bonds is 4. The molecule has 4 rings (SSSR count). The normalized spacial score (nSPS) is 13.3. The first kappa shape index (κ1) is 17.4. The van der Waals surface area contributed by atoms with E-state index in [1.165, 1.54) is 0 Å². The lowest BCUT2D eigenvalue weighted by atomic mass is 10.1. The van der Waals surface area contributed by atoms with Crippen LogP contribution in [-0.2, 0) is 0 Å². The van der Waals surface area contributed by atoms with Gasteiger partial charge in [-0.05, 0) is 55.0 Å². The molecule has 0 amide bonds. The number of halogens is 2. The van der Waals surface area contributed by atoms with E-state index in [4.69, 9.17) is 33.0 Å². The number of nitrogens with zero attached hydrogens (tertiary/aromatic N) is 4. The van der Waals surface area contributed by atoms with Crippen molar-refractivity contribution in [1.29, 1.82) is 0 Å². The van der Waals surface area contributed by atoms with Gasteiger partial charge < -0.3 is 4.74 Å². The van der Waals surface area contributed by atoms with Crippen LogP contribution in [-0.4, -0.2) is 32.9 Å². The molecular weight excluding hydrogens is 391 g/mol. The molecule has 0 spiro atoms. The van der Waals surface area contributed by atoms with E-state index < -0.39 is 0 Å². The summed E-state index contributed by atoms with van der Waals surface area (Å²) in [4.78, 5) is 0. The Balaban J connectivity index is 1.72. The molecule has 26 heavy (non-hydrogen) atoms. The van der Waals surface area contributed by atoms with E-state index in [2.05, 4.69) is 10.2 Å². The Hall–Kier alpha value is -2.02. The Morgan fingerprint density at radius 1 is 1.12 bits per heavy atom. The Labute approximate surface area is 165 Å². The molecule has 1 aliphatic heterocycles. The topological polar surface area (TPSA) is 52.3 Å². The fourth-order valence-electron chi connectivity index (χ4n) is 2.62. The highest BCUT2D eigenvalue weighted by Crippen LogP contribution is 2.33. The van der Waals surface area contributed by atoms with E-state index in [9.17, 15) is 0 Å². The fourth-order valence-corrected chi connectivity index (χ4v) is 3.95. The van der Waals surface area contributed by atoms with E-state index in [0.29, 0.717) is 22.5 Å². The van der Waals surface area contributed by atoms with Crippen molar-refractivity contribution in [2.75, 3.05) is 12.4 Å². The maximum Gasteiger partial charge on any atom is 0.212 e. The van der Waals surface area contributed by atoms with Gasteiger partial charge in [0.2, 0.25) is 5.16 Å². The van der Waals surface area contributed by atoms with Crippen LogP contribution in [0.1, 0.15) is 12.5 Å². The van der Waals surface area contributed by atoms with Crippen molar-refractivity contribution >= 4 is 40.7 Å². The smallest absolute Gasteiger partial charge is 0.212 e. The highest BCUT2D eigenvalue weighted by atomic mass is 35.5. The van der Waals surface area contributed by atoms with Gasteiger partial charge in [0.25, 0.3) is 0 Å². The van der Waals surface area contributed by atoms with Crippen LogP contribution < -0.4 is 4.74 Å². The summed E-state index contributed by atoms with van der Waals surface area (Å²) in [5, 5.41) is 15.1. The maximum atomic E-state index is 6.33. The molecule has 0 aliphatic carbocycles. The summed E-state index contributed by atoms with van der Waals surface area (Å²) < 4.78 is 7.23. The highest BCUT2D eigenvalue weighted by molar-refractivity contribution is 7.99. The largest absolute Gasteiger partial charge is 0.494 e. The van der Waals surface area contributed by atoms with Crippen LogP contribution in [0.3, 0.4) is 0 Å². The minimum absolute atomic E-state index is 0.515. The van der Waals surface area contributed by atoms with Crippen molar-refractivity contribution in [3.05, 3.63) is 58.1 Å². The van der Waals surface area contributed by atoms with E-state index in [-0.39, 0.29) is 0 Å². The van der Waals surface area contributed by atoms with Gasteiger partial charge in [0.15, 0.2) is 5.82 Å². The molecule has 2 aromatic carbocycles. The quantitative estimate of drug-likeness (QED) is 0.613. The Bertz CT molecular complexity index is 985. The molecule has 5 nitrogen and oxygen atoms in total. The number of fused-ring (bicyclic) bond motifs is 1. The summed E-state index contributed by atoms with van der Waals surface area (Å²) in [6.07, 6.45) is 0. The van der Waals surface area contributed by atoms with E-state index >= 15 is 0 Å². The van der Waals surface area contributed by atoms with Gasteiger partial charge >= 0.3 is 0 Å². The summed E-state index contributed by atoms with van der Waals surface area (Å²) in [5.41, 5.74) is 2.72. The van der Waals surface area contributed by atoms with E-state index in [1.54, 1.807) is 28.6 Å². The van der Waals surface area contributed by atoms with Crippen LogP contribution >= 0.6 is 35.0 Å². The standard InChI is InChI=1S/C18H14Cl2N4OS/c1-2-25-13-6-3-11(4-7-13)16-10-26-18-22-21-17(24(18)23-16)14-8-5-12(19)9-15(14)20/h3-9H,2,10H2,1H3. The molecule has 0 saturated carbocycles. The maximum absolute atomic E-state index is 6.33. The molecule has 0 radical (unpaired) electrons. The minimum atomic E-state index is 0.515. The number of thioether (sulfide) groups is 1. The number of aromatic nitrogens is 3. The highest BCUT2D eigenvalue weighted by Gasteiger charge is 2.22. The lowest BCUT2D eigenvalue weighted by Gasteiger charge is -2.14. The molecule has 0 saturated heterocycles. The molecule has 1 aromatic heterocycles. The van der Waals surface area contributed by atoms with Crippen LogP contribution in [0.15, 0.2) is 52.7 Å². The summed E-state index contributed by atoms with van der Waals surface area (Å²) in [6, 6.07) is 13.2. The van der Waals surface area contributed by atoms with Crippen molar-refractivity contribution in [3.63, 3.8) is 0 Å². The van der Waals surface area contributed by atoms with Gasteiger partial charge in [0, 0.05) is 16.3 Å². The zero-order valence-corrected chi connectivity index (χ0v) is 16.1. The Morgan fingerprint density at radius 2 is 1.92 bits per heavy atom. The summed E-state index contributed by atoms with van der Waals surface area (Å²) in [6.45, 7) is 2.61. The number of hydrogen-bond donors (Lipinski definition) is 0. The second-order valence-corrected chi connectivity index (χ2v) is 7.32. The zero-order valence-electron chi connectivity index (χ0n) is 13.8. The van der Waals surface area contributed by atoms with Crippen molar-refractivity contribution in [3.8, 4) is 17.1 Å². The van der Waals surface area contributed by atoms with Gasteiger partial charge in [-0.2, -0.15) is 9.78 Å². The predicted molar refractivity (Wildman–Crippen MR) is 106 cm³/mol. The second-order valence-electron chi connectivity index (χ2n) is 5.53. The average molecular weight is 405 g/mol. The van der Waals surface area contributed by atoms with Crippen molar-refractivity contribution in [2.45, 2.75) is 12.1 Å². The first-order valence-electron chi connectivity index (χ1n) is 8.00. The molecule has 132 valence electrons. The number of ether oxygens (including phenoxy) is 1. The van der Waals surface area contributed by atoms with Gasteiger partial charge in [0.1, 0.15) is 5.75 Å². The monoisotopic (exact) mass is 404 g/mol. The number of benzene rings is 2. The molecule has 8 heteroatoms. The molecule has 2 heterocycles. The summed E-state index contributed by atoms with van der Waals surface area (Å²) in [5.74, 6) is 2.16. The molecule has 1 aliphatic rings. The minimum Gasteiger partial charge on any atom is -0.494 e. The van der Waals surface area contributed by atoms with Crippen LogP contribution in [0, 0.1) is 0 Å². The lowest BCUT2D eigenvalue weighted by Crippen LogP contribution is -2.13. The van der Waals surface area contributed by atoms with Crippen LogP contribution in [0.4, 0.5) is 0 Å². The van der Waals surface area contributed by atoms with Crippen molar-refractivity contribution in [1.82, 2.24) is 14.9 Å². The molecule has 3 aromatic rings. The molecule has 0 bridgehead atoms. The van der Waals surface area contributed by atoms with Crippen LogP contribution in [0.5, 0.6) is 5.75 Å². The summed E-state index contributed by atoms with van der Waals surface area (Å²) >= 11 is 13.9. The number of hydrogen-bond acceptors (Lipinski definition) is 5. The van der Waals surface area contributed by atoms with Crippen LogP contribution in [0.25, 0.3) is 11.4 Å². The van der Waals surface area contributed by atoms with Gasteiger partial charge in [0.05, 0.1) is 17.3 Å². The molecule has 0 unspecified atom stereocenters. The SMILES string of the molecule is CCOc1ccc(C2=Nn3c(nnc3-c3ccc(Cl)cc3Cl)SC2)cc1. The average Bonchev–Trinajstić information content (AvgIpc) is 3.06. The predicted octanol–water partition coefficient (Wildman–Crippen LogP) is 5.01. The first-order chi connectivity index (χ1) is 12.7. The third-order valence-electron chi connectivity index (χ3n) is 3.84. The van der Waals surface area contributed by atoms with Crippen LogP contribution in [0.2, 0.25) is 10.0 Å². The molecule has 0 N–H and O–H groups in total. The summed E-state index contributed by atoms with van der Waals surface area (Å²) in [7, 11) is 0. The Morgan fingerprint density at radius 3 is 2.65 bits per heavy atom. The first-order valence-corrected chi connectivity index (χ1v) is 9.74. The zero-order chi connectivity index (χ0) is 18.1. The van der Waals surface area contributed by atoms with Crippen molar-refractivity contribution < 1.29 is 4.74 Å². The molecule has 0 fully saturated rings. The lowest BCUT2D eigenvalue weighted by molar-refractivity contribution is 0.340. The van der Waals surface area contributed by atoms with E-state index in [0.717, 1.165) is 33.5 Å². The van der Waals surface area contributed by atoms with Gasteiger partial charge in [-0.25, -0.2) is 0 Å². The van der Waals surface area contributed by atoms with Gasteiger partial charge in [-0.3, -0.25) is 0 Å². The molecule has 0 atom stereocenters. The third kappa shape index (κ3) is 3.32. The van der Waals surface area contributed by atoms with Gasteiger partial charge in [-0.1, -0.05) is 35.0 Å². The van der Waals surface area contributed by atoms with Crippen molar-refractivity contribution in [2.24, 2.45) is 5.10 Å². The van der Waals surface area contributed by atoms with E-state index in [1.807, 2.05) is 37.3 Å². The third-order valence-corrected chi connectivity index (χ3v) is 5.32.